The molecule has 3 heterocycles. The van der Waals surface area contributed by atoms with E-state index in [0.29, 0.717) is 38.2 Å². The summed E-state index contributed by atoms with van der Waals surface area (Å²) in [5.41, 5.74) is 4.05. The van der Waals surface area contributed by atoms with Crippen LogP contribution in [-0.4, -0.2) is 59.6 Å². The quantitative estimate of drug-likeness (QED) is 0.582. The van der Waals surface area contributed by atoms with Gasteiger partial charge in [0.2, 0.25) is 0 Å². The number of benzene rings is 1. The normalized spacial score (nSPS) is 21.6. The zero-order chi connectivity index (χ0) is 22.8. The molecule has 174 valence electrons. The molecule has 1 saturated heterocycles. The van der Waals surface area contributed by atoms with Crippen molar-refractivity contribution in [1.82, 2.24) is 9.80 Å². The summed E-state index contributed by atoms with van der Waals surface area (Å²) in [6.45, 7) is 5.87. The van der Waals surface area contributed by atoms with E-state index in [1.807, 2.05) is 5.38 Å². The highest BCUT2D eigenvalue weighted by Gasteiger charge is 2.40. The van der Waals surface area contributed by atoms with Crippen LogP contribution in [0.15, 0.2) is 29.6 Å². The van der Waals surface area contributed by atoms with E-state index in [-0.39, 0.29) is 23.9 Å². The molecule has 1 aliphatic carbocycles. The lowest BCUT2D eigenvalue weighted by Crippen LogP contribution is -2.44. The molecule has 3 aliphatic rings. The fraction of sp³-hybridized carbons (Fsp3) is 0.480. The molecule has 7 nitrogen and oxygen atoms in total. The van der Waals surface area contributed by atoms with E-state index < -0.39 is 6.04 Å². The number of Topliss-reactive ketones (excluding diaryl/α,β-unsaturated/α-hetero) is 2. The van der Waals surface area contributed by atoms with Gasteiger partial charge < -0.3 is 14.4 Å². The van der Waals surface area contributed by atoms with Crippen molar-refractivity contribution in [3.05, 3.63) is 56.8 Å². The summed E-state index contributed by atoms with van der Waals surface area (Å²) in [5.74, 6) is -0.264. The fourth-order valence-corrected chi connectivity index (χ4v) is 5.73. The van der Waals surface area contributed by atoms with E-state index in [9.17, 15) is 14.4 Å². The second-order valence-electron chi connectivity index (χ2n) is 8.92. The number of nitrogens with zero attached hydrogens (tertiary/aromatic N) is 2. The zero-order valence-electron chi connectivity index (χ0n) is 18.6. The average molecular weight is 469 g/mol. The van der Waals surface area contributed by atoms with Gasteiger partial charge in [0.1, 0.15) is 5.78 Å². The van der Waals surface area contributed by atoms with Crippen LogP contribution in [0.2, 0.25) is 0 Å². The number of hydrogen-bond acceptors (Lipinski definition) is 7. The van der Waals surface area contributed by atoms with E-state index in [0.717, 1.165) is 48.9 Å². The Morgan fingerprint density at radius 3 is 2.55 bits per heavy atom. The lowest BCUT2D eigenvalue weighted by atomic mass is 9.92. The number of ether oxygens (including phenoxy) is 2. The minimum atomic E-state index is -0.475. The van der Waals surface area contributed by atoms with Crippen LogP contribution in [0.4, 0.5) is 0 Å². The fourth-order valence-electron chi connectivity index (χ4n) is 4.75. The molecular formula is C25H28N2O5S. The van der Waals surface area contributed by atoms with Crippen LogP contribution in [-0.2, 0) is 45.4 Å². The molecule has 2 aliphatic heterocycles. The number of morpholine rings is 1. The molecular weight excluding hydrogens is 440 g/mol. The number of rotatable bonds is 7. The molecule has 33 heavy (non-hydrogen) atoms. The van der Waals surface area contributed by atoms with Gasteiger partial charge in [0.15, 0.2) is 5.78 Å². The Bertz CT molecular complexity index is 1040. The predicted molar refractivity (Wildman–Crippen MR) is 123 cm³/mol. The smallest absolute Gasteiger partial charge is 0.255 e. The maximum Gasteiger partial charge on any atom is 0.255 e. The van der Waals surface area contributed by atoms with Crippen molar-refractivity contribution in [2.75, 3.05) is 26.3 Å². The molecule has 1 atom stereocenters. The van der Waals surface area contributed by atoms with Crippen molar-refractivity contribution in [3.63, 3.8) is 0 Å². The second-order valence-corrected chi connectivity index (χ2v) is 9.88. The van der Waals surface area contributed by atoms with E-state index >= 15 is 0 Å². The molecule has 2 fully saturated rings. The van der Waals surface area contributed by atoms with Crippen LogP contribution in [0.1, 0.15) is 51.2 Å². The standard InChI is InChI=1S/C25H28N2O5S/c28-19-5-6-22(23(29)11-19)27-13-20-21(25(27)30)16-33-24(20)15-32-14-18-3-1-17(2-4-18)12-26-7-9-31-10-8-26/h1-4,16,22H,5-15H2/t22-/m0/s1. The van der Waals surface area contributed by atoms with Gasteiger partial charge in [0.05, 0.1) is 44.5 Å². The Balaban J connectivity index is 1.14. The van der Waals surface area contributed by atoms with Crippen LogP contribution in [0.25, 0.3) is 0 Å². The summed E-state index contributed by atoms with van der Waals surface area (Å²) in [4.78, 5) is 41.8. The molecule has 2 aromatic rings. The number of thiophene rings is 1. The molecule has 0 bridgehead atoms. The van der Waals surface area contributed by atoms with Gasteiger partial charge in [-0.05, 0) is 17.5 Å². The Kier molecular flexibility index (Phi) is 6.69. The van der Waals surface area contributed by atoms with E-state index in [1.165, 1.54) is 16.9 Å². The monoisotopic (exact) mass is 468 g/mol. The Labute approximate surface area is 197 Å². The molecule has 0 N–H and O–H groups in total. The van der Waals surface area contributed by atoms with Gasteiger partial charge in [-0.3, -0.25) is 19.3 Å². The third-order valence-electron chi connectivity index (χ3n) is 6.65. The van der Waals surface area contributed by atoms with E-state index in [2.05, 4.69) is 29.2 Å². The summed E-state index contributed by atoms with van der Waals surface area (Å²) >= 11 is 1.54. The van der Waals surface area contributed by atoms with Gasteiger partial charge >= 0.3 is 0 Å². The summed E-state index contributed by atoms with van der Waals surface area (Å²) < 4.78 is 11.4. The van der Waals surface area contributed by atoms with Crippen molar-refractivity contribution in [3.8, 4) is 0 Å². The minimum absolute atomic E-state index is 0.0275. The molecule has 0 radical (unpaired) electrons. The first kappa shape index (κ1) is 22.4. The Morgan fingerprint density at radius 1 is 1.03 bits per heavy atom. The predicted octanol–water partition coefficient (Wildman–Crippen LogP) is 2.94. The van der Waals surface area contributed by atoms with Crippen LogP contribution >= 0.6 is 11.3 Å². The highest BCUT2D eigenvalue weighted by Crippen LogP contribution is 2.35. The van der Waals surface area contributed by atoms with Crippen molar-refractivity contribution >= 4 is 28.8 Å². The lowest BCUT2D eigenvalue weighted by Gasteiger charge is -2.29. The van der Waals surface area contributed by atoms with Crippen LogP contribution in [0.3, 0.4) is 0 Å². The van der Waals surface area contributed by atoms with Crippen LogP contribution in [0, 0.1) is 0 Å². The maximum atomic E-state index is 12.9. The number of carbonyl (C=O) groups is 3. The van der Waals surface area contributed by atoms with Gasteiger partial charge in [-0.1, -0.05) is 24.3 Å². The second kappa shape index (κ2) is 9.85. The molecule has 1 saturated carbocycles. The zero-order valence-corrected chi connectivity index (χ0v) is 19.4. The van der Waals surface area contributed by atoms with Gasteiger partial charge in [0, 0.05) is 48.4 Å². The number of amides is 1. The first-order valence-electron chi connectivity index (χ1n) is 11.5. The van der Waals surface area contributed by atoms with Gasteiger partial charge in [-0.2, -0.15) is 0 Å². The van der Waals surface area contributed by atoms with Crippen LogP contribution in [0.5, 0.6) is 0 Å². The highest BCUT2D eigenvalue weighted by molar-refractivity contribution is 7.10. The molecule has 5 rings (SSSR count). The summed E-state index contributed by atoms with van der Waals surface area (Å²) in [6, 6.07) is 8.04. The molecule has 1 aromatic carbocycles. The maximum absolute atomic E-state index is 12.9. The number of hydrogen-bond donors (Lipinski definition) is 0. The van der Waals surface area contributed by atoms with E-state index in [1.54, 1.807) is 4.90 Å². The summed E-state index contributed by atoms with van der Waals surface area (Å²) in [6.07, 6.45) is 0.751. The number of fused-ring (bicyclic) bond motifs is 1. The first-order chi connectivity index (χ1) is 16.1. The minimum Gasteiger partial charge on any atom is -0.379 e. The van der Waals surface area contributed by atoms with Crippen molar-refractivity contribution in [2.24, 2.45) is 0 Å². The van der Waals surface area contributed by atoms with Gasteiger partial charge in [-0.15, -0.1) is 11.3 Å². The van der Waals surface area contributed by atoms with Crippen molar-refractivity contribution in [2.45, 2.75) is 51.6 Å². The molecule has 1 amide bonds. The van der Waals surface area contributed by atoms with Gasteiger partial charge in [-0.25, -0.2) is 0 Å². The largest absolute Gasteiger partial charge is 0.379 e. The third kappa shape index (κ3) is 4.94. The van der Waals surface area contributed by atoms with Gasteiger partial charge in [0.25, 0.3) is 5.91 Å². The molecule has 1 aromatic heterocycles. The van der Waals surface area contributed by atoms with Crippen molar-refractivity contribution in [1.29, 1.82) is 0 Å². The van der Waals surface area contributed by atoms with Crippen LogP contribution < -0.4 is 0 Å². The summed E-state index contributed by atoms with van der Waals surface area (Å²) in [5, 5.41) is 1.87. The SMILES string of the molecule is O=C1CC[C@H](N2Cc3c(csc3COCc3ccc(CN4CCOCC4)cc3)C2=O)C(=O)C1. The summed E-state index contributed by atoms with van der Waals surface area (Å²) in [7, 11) is 0. The molecule has 0 unspecified atom stereocenters. The lowest BCUT2D eigenvalue weighted by molar-refractivity contribution is -0.133. The number of ketones is 2. The first-order valence-corrected chi connectivity index (χ1v) is 12.4. The average Bonchev–Trinajstić information content (AvgIpc) is 3.36. The Hall–Kier alpha value is -2.39. The van der Waals surface area contributed by atoms with Crippen molar-refractivity contribution < 1.29 is 23.9 Å². The third-order valence-corrected chi connectivity index (χ3v) is 7.65. The molecule has 8 heteroatoms. The number of carbonyl (C=O) groups excluding carboxylic acids is 3. The highest BCUT2D eigenvalue weighted by atomic mass is 32.1. The molecule has 0 spiro atoms. The Morgan fingerprint density at radius 2 is 1.79 bits per heavy atom. The topological polar surface area (TPSA) is 76.2 Å². The van der Waals surface area contributed by atoms with E-state index in [4.69, 9.17) is 9.47 Å².